The molecule has 5 N–H and O–H groups in total. The second-order valence-corrected chi connectivity index (χ2v) is 6.86. The minimum atomic E-state index is -0.564. The van der Waals surface area contributed by atoms with Gasteiger partial charge in [0.2, 0.25) is 5.95 Å². The van der Waals surface area contributed by atoms with E-state index in [1.54, 1.807) is 0 Å². The van der Waals surface area contributed by atoms with Crippen LogP contribution >= 0.6 is 0 Å². The van der Waals surface area contributed by atoms with Crippen molar-refractivity contribution in [3.8, 4) is 0 Å². The van der Waals surface area contributed by atoms with Gasteiger partial charge >= 0.3 is 0 Å². The molecule has 1 aromatic heterocycles. The highest BCUT2D eigenvalue weighted by atomic mass is 16.3. The van der Waals surface area contributed by atoms with Gasteiger partial charge in [-0.3, -0.25) is 4.79 Å². The summed E-state index contributed by atoms with van der Waals surface area (Å²) in [6.07, 6.45) is 4.64. The fourth-order valence-corrected chi connectivity index (χ4v) is 2.56. The molecule has 1 fully saturated rings. The normalized spacial score (nSPS) is 22.2. The van der Waals surface area contributed by atoms with E-state index in [0.717, 1.165) is 19.3 Å². The number of hydrogen-bond acceptors (Lipinski definition) is 6. The second kappa shape index (κ2) is 6.48. The molecule has 2 atom stereocenters. The fourth-order valence-electron chi connectivity index (χ4n) is 2.56. The van der Waals surface area contributed by atoms with Crippen LogP contribution in [0, 0.1) is 0 Å². The number of amides is 1. The van der Waals surface area contributed by atoms with E-state index in [4.69, 9.17) is 5.73 Å². The molecule has 2 rings (SSSR count). The maximum Gasteiger partial charge on any atom is 0.254 e. The molecular formula is C15H25N5O2. The summed E-state index contributed by atoms with van der Waals surface area (Å²) < 4.78 is 0. The summed E-state index contributed by atoms with van der Waals surface area (Å²) in [6.45, 7) is 5.93. The molecule has 1 saturated carbocycles. The van der Waals surface area contributed by atoms with Gasteiger partial charge in [0, 0.05) is 17.8 Å². The third-order valence-corrected chi connectivity index (χ3v) is 3.53. The molecule has 0 unspecified atom stereocenters. The van der Waals surface area contributed by atoms with E-state index in [-0.39, 0.29) is 23.2 Å². The summed E-state index contributed by atoms with van der Waals surface area (Å²) >= 11 is 0. The summed E-state index contributed by atoms with van der Waals surface area (Å²) in [7, 11) is 0. The molecule has 1 aliphatic carbocycles. The molecule has 1 heterocycles. The van der Waals surface area contributed by atoms with Crippen LogP contribution in [0.1, 0.15) is 56.8 Å². The van der Waals surface area contributed by atoms with Gasteiger partial charge in [0.15, 0.2) is 0 Å². The molecule has 0 radical (unpaired) electrons. The Hall–Kier alpha value is -1.89. The van der Waals surface area contributed by atoms with Gasteiger partial charge in [0.05, 0.1) is 11.7 Å². The lowest BCUT2D eigenvalue weighted by atomic mass is 9.93. The zero-order chi connectivity index (χ0) is 16.3. The number of carbonyl (C=O) groups excluding carboxylic acids is 1. The quantitative estimate of drug-likeness (QED) is 0.670. The van der Waals surface area contributed by atoms with Crippen molar-refractivity contribution in [2.45, 2.75) is 64.1 Å². The zero-order valence-electron chi connectivity index (χ0n) is 13.4. The van der Waals surface area contributed by atoms with Crippen LogP contribution in [-0.4, -0.2) is 38.7 Å². The Morgan fingerprint density at radius 3 is 2.73 bits per heavy atom. The third-order valence-electron chi connectivity index (χ3n) is 3.53. The van der Waals surface area contributed by atoms with Gasteiger partial charge in [0.1, 0.15) is 5.82 Å². The minimum Gasteiger partial charge on any atom is -0.393 e. The molecular weight excluding hydrogens is 282 g/mol. The molecule has 0 aromatic carbocycles. The predicted molar refractivity (Wildman–Crippen MR) is 85.8 cm³/mol. The second-order valence-electron chi connectivity index (χ2n) is 6.86. The number of carbonyl (C=O) groups is 1. The number of nitrogens with one attached hydrogen (secondary N) is 2. The van der Waals surface area contributed by atoms with Crippen molar-refractivity contribution < 1.29 is 9.90 Å². The maximum absolute atomic E-state index is 11.5. The Bertz CT molecular complexity index is 541. The summed E-state index contributed by atoms with van der Waals surface area (Å²) in [5.74, 6) is 0.302. The molecule has 0 aliphatic heterocycles. The number of primary amides is 1. The molecule has 7 nitrogen and oxygen atoms in total. The van der Waals surface area contributed by atoms with Gasteiger partial charge < -0.3 is 21.5 Å². The smallest absolute Gasteiger partial charge is 0.254 e. The molecule has 0 saturated heterocycles. The zero-order valence-corrected chi connectivity index (χ0v) is 13.4. The van der Waals surface area contributed by atoms with Crippen molar-refractivity contribution >= 4 is 17.7 Å². The topological polar surface area (TPSA) is 113 Å². The minimum absolute atomic E-state index is 0.144. The van der Waals surface area contributed by atoms with E-state index in [9.17, 15) is 9.90 Å². The van der Waals surface area contributed by atoms with Crippen molar-refractivity contribution in [3.05, 3.63) is 11.8 Å². The third kappa shape index (κ3) is 4.56. The molecule has 1 amide bonds. The van der Waals surface area contributed by atoms with E-state index >= 15 is 0 Å². The number of aliphatic hydroxyl groups excluding tert-OH is 1. The molecule has 7 heteroatoms. The molecule has 1 aliphatic rings. The highest BCUT2D eigenvalue weighted by molar-refractivity contribution is 5.97. The van der Waals surface area contributed by atoms with Crippen molar-refractivity contribution in [3.63, 3.8) is 0 Å². The van der Waals surface area contributed by atoms with Crippen LogP contribution in [0.4, 0.5) is 11.8 Å². The number of nitrogens with zero attached hydrogens (tertiary/aromatic N) is 2. The van der Waals surface area contributed by atoms with Crippen molar-refractivity contribution in [2.24, 2.45) is 5.73 Å². The van der Waals surface area contributed by atoms with E-state index in [1.165, 1.54) is 6.20 Å². The van der Waals surface area contributed by atoms with Crippen LogP contribution in [0.3, 0.4) is 0 Å². The first kappa shape index (κ1) is 16.5. The van der Waals surface area contributed by atoms with Gasteiger partial charge in [-0.05, 0) is 46.5 Å². The van der Waals surface area contributed by atoms with Crippen molar-refractivity contribution in [1.29, 1.82) is 0 Å². The largest absolute Gasteiger partial charge is 0.393 e. The lowest BCUT2D eigenvalue weighted by Crippen LogP contribution is -2.32. The van der Waals surface area contributed by atoms with Crippen molar-refractivity contribution in [2.75, 3.05) is 10.6 Å². The van der Waals surface area contributed by atoms with Crippen LogP contribution in [0.2, 0.25) is 0 Å². The number of anilines is 2. The van der Waals surface area contributed by atoms with E-state index in [2.05, 4.69) is 20.6 Å². The summed E-state index contributed by atoms with van der Waals surface area (Å²) in [5.41, 5.74) is 5.39. The number of aromatic nitrogens is 2. The SMILES string of the molecule is CC(C)(C)Nc1nc(N[C@H]2CCC[C@H](O)C2)ncc1C(N)=O. The Balaban J connectivity index is 2.18. The summed E-state index contributed by atoms with van der Waals surface area (Å²) in [6, 6.07) is 0.144. The maximum atomic E-state index is 11.5. The van der Waals surface area contributed by atoms with Gasteiger partial charge in [-0.1, -0.05) is 0 Å². The first-order valence-corrected chi connectivity index (χ1v) is 7.64. The van der Waals surface area contributed by atoms with Crippen molar-refractivity contribution in [1.82, 2.24) is 9.97 Å². The number of rotatable bonds is 4. The summed E-state index contributed by atoms with van der Waals surface area (Å²) in [4.78, 5) is 20.0. The van der Waals surface area contributed by atoms with Crippen LogP contribution in [0.5, 0.6) is 0 Å². The molecule has 1 aromatic rings. The lowest BCUT2D eigenvalue weighted by Gasteiger charge is -2.27. The van der Waals surface area contributed by atoms with Crippen LogP contribution in [0.15, 0.2) is 6.20 Å². The lowest BCUT2D eigenvalue weighted by molar-refractivity contribution is 0.100. The number of aliphatic hydroxyl groups is 1. The monoisotopic (exact) mass is 307 g/mol. The Kier molecular flexibility index (Phi) is 4.85. The van der Waals surface area contributed by atoms with E-state index < -0.39 is 5.91 Å². The number of hydrogen-bond donors (Lipinski definition) is 4. The number of nitrogens with two attached hydrogens (primary N) is 1. The Morgan fingerprint density at radius 2 is 2.14 bits per heavy atom. The van der Waals surface area contributed by atoms with Gasteiger partial charge in [-0.15, -0.1) is 0 Å². The molecule has 0 bridgehead atoms. The van der Waals surface area contributed by atoms with E-state index in [1.807, 2.05) is 20.8 Å². The van der Waals surface area contributed by atoms with Gasteiger partial charge in [-0.25, -0.2) is 4.98 Å². The van der Waals surface area contributed by atoms with Gasteiger partial charge in [-0.2, -0.15) is 4.98 Å². The highest BCUT2D eigenvalue weighted by Gasteiger charge is 2.22. The molecule has 22 heavy (non-hydrogen) atoms. The average molecular weight is 307 g/mol. The van der Waals surface area contributed by atoms with Crippen LogP contribution < -0.4 is 16.4 Å². The van der Waals surface area contributed by atoms with Crippen LogP contribution in [-0.2, 0) is 0 Å². The fraction of sp³-hybridized carbons (Fsp3) is 0.667. The Morgan fingerprint density at radius 1 is 1.41 bits per heavy atom. The van der Waals surface area contributed by atoms with Gasteiger partial charge in [0.25, 0.3) is 5.91 Å². The summed E-state index contributed by atoms with van der Waals surface area (Å²) in [5, 5.41) is 16.1. The first-order chi connectivity index (χ1) is 10.2. The molecule has 122 valence electrons. The van der Waals surface area contributed by atoms with Crippen LogP contribution in [0.25, 0.3) is 0 Å². The first-order valence-electron chi connectivity index (χ1n) is 7.64. The molecule has 0 spiro atoms. The highest BCUT2D eigenvalue weighted by Crippen LogP contribution is 2.23. The van der Waals surface area contributed by atoms with E-state index in [0.29, 0.717) is 18.2 Å². The predicted octanol–water partition coefficient (Wildman–Crippen LogP) is 1.50. The Labute approximate surface area is 130 Å². The average Bonchev–Trinajstić information content (AvgIpc) is 2.36. The standard InChI is InChI=1S/C15H25N5O2/c1-15(2,3)20-13-11(12(16)22)8-17-14(19-13)18-9-5-4-6-10(21)7-9/h8-10,21H,4-7H2,1-3H3,(H2,16,22)(H2,17,18,19,20)/t9-,10-/m0/s1.